The summed E-state index contributed by atoms with van der Waals surface area (Å²) >= 11 is 0. The van der Waals surface area contributed by atoms with Crippen molar-refractivity contribution >= 4 is 11.0 Å². The molecule has 1 aromatic heterocycles. The minimum Gasteiger partial charge on any atom is -0.383 e. The van der Waals surface area contributed by atoms with E-state index in [9.17, 15) is 4.79 Å². The van der Waals surface area contributed by atoms with Crippen LogP contribution >= 0.6 is 0 Å². The third-order valence-corrected chi connectivity index (χ3v) is 2.17. The van der Waals surface area contributed by atoms with Crippen LogP contribution in [0.25, 0.3) is 11.0 Å². The van der Waals surface area contributed by atoms with E-state index in [0.717, 1.165) is 17.7 Å². The molecular weight excluding hydrogens is 194 g/mol. The van der Waals surface area contributed by atoms with E-state index in [1.807, 2.05) is 6.07 Å². The smallest absolute Gasteiger partial charge is 0.330 e. The van der Waals surface area contributed by atoms with Crippen LogP contribution in [0.15, 0.2) is 33.6 Å². The van der Waals surface area contributed by atoms with Crippen LogP contribution in [0.4, 0.5) is 0 Å². The van der Waals surface area contributed by atoms with Crippen molar-refractivity contribution in [3.05, 3.63) is 34.6 Å². The van der Waals surface area contributed by atoms with E-state index >= 15 is 0 Å². The summed E-state index contributed by atoms with van der Waals surface area (Å²) in [5.74, 6) is 0. The zero-order valence-corrected chi connectivity index (χ0v) is 8.60. The zero-order valence-electron chi connectivity index (χ0n) is 8.60. The van der Waals surface area contributed by atoms with E-state index in [4.69, 9.17) is 9.36 Å². The number of nitrogens with zero attached hydrogens (tertiary/aromatic N) is 1. The lowest BCUT2D eigenvalue weighted by Gasteiger charge is -2.00. The van der Waals surface area contributed by atoms with Crippen LogP contribution in [-0.4, -0.2) is 11.5 Å². The van der Waals surface area contributed by atoms with E-state index < -0.39 is 0 Å². The fraction of sp³-hybridized carbons (Fsp3) is 0.364. The van der Waals surface area contributed by atoms with E-state index in [0.29, 0.717) is 17.6 Å². The zero-order chi connectivity index (χ0) is 10.7. The third-order valence-electron chi connectivity index (χ3n) is 2.17. The molecule has 1 aromatic carbocycles. The molecule has 0 N–H and O–H groups in total. The Morgan fingerprint density at radius 2 is 2.20 bits per heavy atom. The van der Waals surface area contributed by atoms with Gasteiger partial charge in [0.2, 0.25) is 0 Å². The largest absolute Gasteiger partial charge is 0.383 e. The molecular formula is C11H13NO3. The Morgan fingerprint density at radius 3 is 2.93 bits per heavy atom. The summed E-state index contributed by atoms with van der Waals surface area (Å²) in [5, 5.41) is 0.550. The van der Waals surface area contributed by atoms with Crippen molar-refractivity contribution in [3.63, 3.8) is 0 Å². The average molecular weight is 207 g/mol. The lowest BCUT2D eigenvalue weighted by atomic mass is 10.3. The molecule has 2 aromatic rings. The molecule has 2 rings (SSSR count). The molecule has 4 nitrogen and oxygen atoms in total. The van der Waals surface area contributed by atoms with Gasteiger partial charge in [0.1, 0.15) is 6.61 Å². The summed E-state index contributed by atoms with van der Waals surface area (Å²) < 4.78 is 5.23. The molecule has 0 spiro atoms. The van der Waals surface area contributed by atoms with Gasteiger partial charge in [-0.1, -0.05) is 25.5 Å². The van der Waals surface area contributed by atoms with Gasteiger partial charge in [-0.2, -0.15) is 0 Å². The van der Waals surface area contributed by atoms with E-state index in [1.54, 1.807) is 18.2 Å². The van der Waals surface area contributed by atoms with Gasteiger partial charge in [-0.3, -0.25) is 4.79 Å². The first-order valence-corrected chi connectivity index (χ1v) is 5.07. The Balaban J connectivity index is 2.28. The molecule has 0 fully saturated rings. The SMILES string of the molecule is CCCCOn1oc2ccccc2c1=O. The predicted molar refractivity (Wildman–Crippen MR) is 56.8 cm³/mol. The van der Waals surface area contributed by atoms with E-state index in [-0.39, 0.29) is 5.56 Å². The molecule has 15 heavy (non-hydrogen) atoms. The lowest BCUT2D eigenvalue weighted by molar-refractivity contribution is -0.0240. The Labute approximate surface area is 87.0 Å². The second-order valence-corrected chi connectivity index (χ2v) is 3.34. The van der Waals surface area contributed by atoms with Crippen molar-refractivity contribution in [1.82, 2.24) is 4.90 Å². The number of aromatic nitrogens is 1. The molecule has 0 saturated heterocycles. The number of hydrogen-bond donors (Lipinski definition) is 0. The van der Waals surface area contributed by atoms with Gasteiger partial charge in [0.05, 0.1) is 5.39 Å². The van der Waals surface area contributed by atoms with Crippen molar-refractivity contribution in [1.29, 1.82) is 0 Å². The van der Waals surface area contributed by atoms with Gasteiger partial charge in [-0.15, -0.1) is 0 Å². The molecule has 0 aliphatic carbocycles. The maximum absolute atomic E-state index is 11.7. The first-order valence-electron chi connectivity index (χ1n) is 5.07. The second kappa shape index (κ2) is 4.21. The Hall–Kier alpha value is -1.71. The average Bonchev–Trinajstić information content (AvgIpc) is 2.57. The van der Waals surface area contributed by atoms with Gasteiger partial charge in [0.15, 0.2) is 5.58 Å². The molecule has 0 radical (unpaired) electrons. The fourth-order valence-corrected chi connectivity index (χ4v) is 1.33. The summed E-state index contributed by atoms with van der Waals surface area (Å²) in [4.78, 5) is 17.8. The number of hydrogen-bond acceptors (Lipinski definition) is 3. The Morgan fingerprint density at radius 1 is 1.40 bits per heavy atom. The maximum Gasteiger partial charge on any atom is 0.330 e. The highest BCUT2D eigenvalue weighted by Gasteiger charge is 2.08. The third kappa shape index (κ3) is 1.88. The minimum atomic E-state index is -0.235. The molecule has 4 heteroatoms. The molecule has 1 heterocycles. The molecule has 0 saturated carbocycles. The summed E-state index contributed by atoms with van der Waals surface area (Å²) in [6.45, 7) is 2.56. The van der Waals surface area contributed by atoms with Crippen molar-refractivity contribution in [3.8, 4) is 0 Å². The Kier molecular flexibility index (Phi) is 2.76. The molecule has 80 valence electrons. The van der Waals surface area contributed by atoms with Crippen LogP contribution in [0.1, 0.15) is 19.8 Å². The highest BCUT2D eigenvalue weighted by atomic mass is 16.8. The quantitative estimate of drug-likeness (QED) is 0.718. The fourth-order valence-electron chi connectivity index (χ4n) is 1.33. The first kappa shape index (κ1) is 9.83. The highest BCUT2D eigenvalue weighted by Crippen LogP contribution is 2.08. The monoisotopic (exact) mass is 207 g/mol. The van der Waals surface area contributed by atoms with Crippen LogP contribution in [0.3, 0.4) is 0 Å². The molecule has 0 aliphatic heterocycles. The van der Waals surface area contributed by atoms with Crippen molar-refractivity contribution < 1.29 is 9.36 Å². The molecule has 0 unspecified atom stereocenters. The summed E-state index contributed by atoms with van der Waals surface area (Å²) in [6.07, 6.45) is 1.93. The van der Waals surface area contributed by atoms with E-state index in [2.05, 4.69) is 6.92 Å². The summed E-state index contributed by atoms with van der Waals surface area (Å²) in [5.41, 5.74) is 0.320. The van der Waals surface area contributed by atoms with Crippen LogP contribution in [0.2, 0.25) is 0 Å². The number of unbranched alkanes of at least 4 members (excludes halogenated alkanes) is 1. The molecule has 0 amide bonds. The summed E-state index contributed by atoms with van der Waals surface area (Å²) in [6, 6.07) is 7.09. The first-order chi connectivity index (χ1) is 7.33. The predicted octanol–water partition coefficient (Wildman–Crippen LogP) is 1.82. The lowest BCUT2D eigenvalue weighted by Crippen LogP contribution is -2.23. The number of fused-ring (bicyclic) bond motifs is 1. The van der Waals surface area contributed by atoms with Crippen LogP contribution in [0, 0.1) is 0 Å². The van der Waals surface area contributed by atoms with Crippen LogP contribution < -0.4 is 10.4 Å². The molecule has 0 bridgehead atoms. The summed E-state index contributed by atoms with van der Waals surface area (Å²) in [7, 11) is 0. The second-order valence-electron chi connectivity index (χ2n) is 3.34. The number of benzene rings is 1. The van der Waals surface area contributed by atoms with Gasteiger partial charge < -0.3 is 9.36 Å². The van der Waals surface area contributed by atoms with E-state index in [1.165, 1.54) is 0 Å². The van der Waals surface area contributed by atoms with Gasteiger partial charge in [-0.25, -0.2) is 0 Å². The van der Waals surface area contributed by atoms with Crippen LogP contribution in [-0.2, 0) is 0 Å². The topological polar surface area (TPSA) is 44.4 Å². The number of rotatable bonds is 4. The standard InChI is InChI=1S/C11H13NO3/c1-2-3-8-14-12-11(13)9-6-4-5-7-10(9)15-12/h4-7H,2-3,8H2,1H3. The van der Waals surface area contributed by atoms with Gasteiger partial charge >= 0.3 is 5.56 Å². The van der Waals surface area contributed by atoms with Crippen LogP contribution in [0.5, 0.6) is 0 Å². The van der Waals surface area contributed by atoms with Crippen molar-refractivity contribution in [2.45, 2.75) is 19.8 Å². The van der Waals surface area contributed by atoms with Gasteiger partial charge in [0.25, 0.3) is 0 Å². The Bertz CT molecular complexity index is 498. The van der Waals surface area contributed by atoms with Gasteiger partial charge in [0, 0.05) is 4.90 Å². The maximum atomic E-state index is 11.7. The molecule has 0 aliphatic rings. The number of para-hydroxylation sites is 1. The van der Waals surface area contributed by atoms with Crippen molar-refractivity contribution in [2.24, 2.45) is 0 Å². The highest BCUT2D eigenvalue weighted by molar-refractivity contribution is 5.75. The molecule has 0 atom stereocenters. The normalized spacial score (nSPS) is 10.7. The van der Waals surface area contributed by atoms with Gasteiger partial charge in [-0.05, 0) is 18.6 Å². The van der Waals surface area contributed by atoms with Crippen molar-refractivity contribution in [2.75, 3.05) is 6.61 Å². The minimum absolute atomic E-state index is 0.235.